The molecule has 2 aromatic rings. The Morgan fingerprint density at radius 3 is 1.65 bits per heavy atom. The zero-order valence-corrected chi connectivity index (χ0v) is 30.7. The molecule has 0 aliphatic heterocycles. The summed E-state index contributed by atoms with van der Waals surface area (Å²) in [5, 5.41) is 1.56. The number of nitrogens with one attached hydrogen (secondary N) is 1. The average molecular weight is 626 g/mol. The Labute approximate surface area is 268 Å². The zero-order chi connectivity index (χ0) is 31.6. The largest absolute Gasteiger partial charge is 0.496 e. The van der Waals surface area contributed by atoms with Gasteiger partial charge in [0, 0.05) is 11.1 Å². The van der Waals surface area contributed by atoms with Crippen LogP contribution in [0.1, 0.15) is 155 Å². The number of hydrogen-bond acceptors (Lipinski definition) is 2. The molecule has 0 bridgehead atoms. The summed E-state index contributed by atoms with van der Waals surface area (Å²) < 4.78 is 23.5. The quantitative estimate of drug-likeness (QED) is 0.297. The van der Waals surface area contributed by atoms with Gasteiger partial charge in [0.25, 0.3) is 0 Å². The summed E-state index contributed by atoms with van der Waals surface area (Å²) in [6, 6.07) is 13.8. The fraction of sp³-hybridized carbons (Fsp3) is 0.684. The summed E-state index contributed by atoms with van der Waals surface area (Å²) in [6.45, 7) is 19.9. The van der Waals surface area contributed by atoms with Crippen molar-refractivity contribution < 1.29 is 8.95 Å². The van der Waals surface area contributed by atoms with Gasteiger partial charge in [-0.2, -0.15) is 0 Å². The van der Waals surface area contributed by atoms with Crippen LogP contribution < -0.4 is 14.8 Å². The van der Waals surface area contributed by atoms with Crippen molar-refractivity contribution in [3.8, 4) is 5.75 Å². The molecular weight excluding hydrogens is 565 g/mol. The first-order chi connectivity index (χ1) is 20.1. The summed E-state index contributed by atoms with van der Waals surface area (Å²) in [4.78, 5) is 0. The molecule has 240 valence electrons. The van der Waals surface area contributed by atoms with Gasteiger partial charge >= 0.3 is 0 Å². The second kappa shape index (κ2) is 14.0. The third-order valence-electron chi connectivity index (χ3n) is 9.51. The van der Waals surface area contributed by atoms with E-state index in [0.29, 0.717) is 0 Å². The lowest BCUT2D eigenvalue weighted by Gasteiger charge is -2.40. The summed E-state index contributed by atoms with van der Waals surface area (Å²) in [6.07, 6.45) is 13.7. The minimum Gasteiger partial charge on any atom is -0.496 e. The molecule has 2 aliphatic carbocycles. The van der Waals surface area contributed by atoms with Crippen LogP contribution >= 0.6 is 7.92 Å². The van der Waals surface area contributed by atoms with Crippen molar-refractivity contribution in [1.29, 1.82) is 0 Å². The number of rotatable bonds is 8. The van der Waals surface area contributed by atoms with E-state index in [1.165, 1.54) is 86.5 Å². The monoisotopic (exact) mass is 625 g/mol. The first-order valence-corrected chi connectivity index (χ1v) is 19.5. The van der Waals surface area contributed by atoms with Crippen LogP contribution in [0, 0.1) is 0 Å². The number of methoxy groups -OCH3 is 1. The molecule has 0 aromatic heterocycles. The van der Waals surface area contributed by atoms with Crippen LogP contribution in [-0.2, 0) is 21.8 Å². The van der Waals surface area contributed by atoms with Gasteiger partial charge in [0.2, 0.25) is 0 Å². The van der Waals surface area contributed by atoms with Crippen molar-refractivity contribution in [3.63, 3.8) is 0 Å². The molecule has 2 saturated carbocycles. The number of hydrogen-bond donors (Lipinski definition) is 1. The SMILES string of the molecule is COc1c(C(C)(C)C)cc([C@@H](N[S@@](=O)C(C)(C)C)c2ccccc2P(C2CCCCC2)C2CCCCC2)cc1C(C)(C)C. The molecule has 0 saturated heterocycles. The summed E-state index contributed by atoms with van der Waals surface area (Å²) >= 11 is 0. The van der Waals surface area contributed by atoms with E-state index in [1.807, 2.05) is 0 Å². The van der Waals surface area contributed by atoms with Crippen LogP contribution in [0.2, 0.25) is 0 Å². The maximum Gasteiger partial charge on any atom is 0.126 e. The maximum absolute atomic E-state index is 14.0. The van der Waals surface area contributed by atoms with E-state index in [1.54, 1.807) is 12.4 Å². The number of benzene rings is 2. The summed E-state index contributed by atoms with van der Waals surface area (Å²) in [5.74, 6) is 0.986. The summed E-state index contributed by atoms with van der Waals surface area (Å²) in [7, 11) is 0.248. The molecular formula is C38H60NO2PS. The van der Waals surface area contributed by atoms with Crippen LogP contribution in [0.15, 0.2) is 36.4 Å². The predicted octanol–water partition coefficient (Wildman–Crippen LogP) is 10.2. The first-order valence-electron chi connectivity index (χ1n) is 16.9. The molecule has 0 unspecified atom stereocenters. The molecule has 5 heteroatoms. The van der Waals surface area contributed by atoms with Crippen LogP contribution in [-0.4, -0.2) is 27.4 Å². The van der Waals surface area contributed by atoms with Gasteiger partial charge < -0.3 is 4.74 Å². The fourth-order valence-electron chi connectivity index (χ4n) is 7.12. The molecule has 0 heterocycles. The molecule has 4 rings (SSSR count). The molecule has 2 aromatic carbocycles. The Bertz CT molecular complexity index is 1190. The lowest BCUT2D eigenvalue weighted by atomic mass is 9.77. The molecule has 43 heavy (non-hydrogen) atoms. The average Bonchev–Trinajstić information content (AvgIpc) is 2.95. The van der Waals surface area contributed by atoms with Crippen molar-refractivity contribution in [2.45, 2.75) is 159 Å². The molecule has 2 fully saturated rings. The highest BCUT2D eigenvalue weighted by atomic mass is 32.2. The molecule has 0 spiro atoms. The molecule has 2 aliphatic rings. The Kier molecular flexibility index (Phi) is 11.3. The van der Waals surface area contributed by atoms with Gasteiger partial charge in [-0.1, -0.05) is 112 Å². The predicted molar refractivity (Wildman–Crippen MR) is 190 cm³/mol. The zero-order valence-electron chi connectivity index (χ0n) is 28.9. The van der Waals surface area contributed by atoms with Crippen molar-refractivity contribution in [2.24, 2.45) is 0 Å². The van der Waals surface area contributed by atoms with Crippen LogP contribution in [0.4, 0.5) is 0 Å². The van der Waals surface area contributed by atoms with E-state index in [2.05, 4.69) is 103 Å². The molecule has 0 radical (unpaired) electrons. The van der Waals surface area contributed by atoms with Crippen molar-refractivity contribution >= 4 is 24.2 Å². The van der Waals surface area contributed by atoms with Gasteiger partial charge in [0.05, 0.1) is 28.9 Å². The van der Waals surface area contributed by atoms with Crippen LogP contribution in [0.3, 0.4) is 0 Å². The van der Waals surface area contributed by atoms with E-state index in [-0.39, 0.29) is 29.5 Å². The van der Waals surface area contributed by atoms with Crippen molar-refractivity contribution in [1.82, 2.24) is 4.72 Å². The minimum absolute atomic E-state index is 0.106. The highest BCUT2D eigenvalue weighted by Crippen LogP contribution is 2.56. The molecule has 0 amide bonds. The number of ether oxygens (including phenoxy) is 1. The highest BCUT2D eigenvalue weighted by Gasteiger charge is 2.37. The van der Waals surface area contributed by atoms with Gasteiger partial charge in [0.15, 0.2) is 0 Å². The normalized spacial score (nSPS) is 19.4. The lowest BCUT2D eigenvalue weighted by molar-refractivity contribution is 0.381. The molecule has 2 atom stereocenters. The Morgan fingerprint density at radius 2 is 1.23 bits per heavy atom. The van der Waals surface area contributed by atoms with E-state index in [0.717, 1.165) is 17.1 Å². The Balaban J connectivity index is 1.97. The van der Waals surface area contributed by atoms with Gasteiger partial charge in [-0.25, -0.2) is 8.93 Å². The van der Waals surface area contributed by atoms with E-state index < -0.39 is 11.0 Å². The summed E-state index contributed by atoms with van der Waals surface area (Å²) in [5.41, 5.74) is 6.35. The second-order valence-electron chi connectivity index (χ2n) is 16.1. The van der Waals surface area contributed by atoms with E-state index >= 15 is 0 Å². The third-order valence-corrected chi connectivity index (χ3v) is 14.6. The molecule has 3 nitrogen and oxygen atoms in total. The maximum atomic E-state index is 14.0. The van der Waals surface area contributed by atoms with Crippen molar-refractivity contribution in [2.75, 3.05) is 7.11 Å². The first kappa shape index (κ1) is 34.6. The van der Waals surface area contributed by atoms with Gasteiger partial charge in [-0.3, -0.25) is 0 Å². The van der Waals surface area contributed by atoms with Gasteiger partial charge in [0.1, 0.15) is 5.75 Å². The van der Waals surface area contributed by atoms with Crippen molar-refractivity contribution in [3.05, 3.63) is 58.7 Å². The minimum atomic E-state index is -1.24. The van der Waals surface area contributed by atoms with E-state index in [4.69, 9.17) is 4.74 Å². The second-order valence-corrected chi connectivity index (χ2v) is 20.9. The highest BCUT2D eigenvalue weighted by molar-refractivity contribution is 7.84. The lowest BCUT2D eigenvalue weighted by Crippen LogP contribution is -2.38. The Hall–Kier alpha value is -1.22. The molecule has 1 N–H and O–H groups in total. The topological polar surface area (TPSA) is 38.3 Å². The van der Waals surface area contributed by atoms with E-state index in [9.17, 15) is 4.21 Å². The van der Waals surface area contributed by atoms with Gasteiger partial charge in [-0.15, -0.1) is 0 Å². The fourth-order valence-corrected chi connectivity index (χ4v) is 11.9. The van der Waals surface area contributed by atoms with Crippen LogP contribution in [0.25, 0.3) is 0 Å². The smallest absolute Gasteiger partial charge is 0.126 e. The third kappa shape index (κ3) is 8.33. The standard InChI is InChI=1S/C38H60NO2PS/c1-36(2,3)31-25-27(26-32(35(31)41-10)37(4,5)6)34(39-43(40)38(7,8)9)30-23-17-18-24-33(30)42(28-19-13-11-14-20-28)29-21-15-12-16-22-29/h17-18,23-26,28-29,34,39H,11-16,19-22H2,1-10H3/t34-,43+/m1/s1. The Morgan fingerprint density at radius 1 is 0.767 bits per heavy atom. The van der Waals surface area contributed by atoms with Crippen LogP contribution in [0.5, 0.6) is 5.75 Å². The van der Waals surface area contributed by atoms with Gasteiger partial charge in [-0.05, 0) is 97.2 Å².